The van der Waals surface area contributed by atoms with E-state index in [0.29, 0.717) is 33.0 Å². The van der Waals surface area contributed by atoms with E-state index in [-0.39, 0.29) is 17.6 Å². The number of aromatic hydroxyl groups is 1. The zero-order chi connectivity index (χ0) is 15.9. The molecular formula is C16H11Br2NO3. The Morgan fingerprint density at radius 1 is 0.955 bits per heavy atom. The molecule has 1 aliphatic rings. The number of phenols is 1. The van der Waals surface area contributed by atoms with Crippen molar-refractivity contribution in [2.45, 2.75) is 6.42 Å². The average molecular weight is 425 g/mol. The van der Waals surface area contributed by atoms with Gasteiger partial charge in [-0.1, -0.05) is 12.1 Å². The van der Waals surface area contributed by atoms with E-state index in [1.54, 1.807) is 36.4 Å². The van der Waals surface area contributed by atoms with E-state index in [4.69, 9.17) is 0 Å². The molecule has 0 radical (unpaired) electrons. The smallest absolute Gasteiger partial charge is 0.261 e. The molecular weight excluding hydrogens is 414 g/mol. The average Bonchev–Trinajstić information content (AvgIpc) is 2.75. The summed E-state index contributed by atoms with van der Waals surface area (Å²) in [6, 6.07) is 10.4. The Balaban J connectivity index is 1.79. The van der Waals surface area contributed by atoms with Crippen molar-refractivity contribution in [3.8, 4) is 5.75 Å². The maximum Gasteiger partial charge on any atom is 0.261 e. The first kappa shape index (κ1) is 15.2. The number of halogens is 2. The Bertz CT molecular complexity index is 731. The van der Waals surface area contributed by atoms with Crippen molar-refractivity contribution in [1.29, 1.82) is 0 Å². The maximum atomic E-state index is 12.3. The van der Waals surface area contributed by atoms with Crippen LogP contribution in [0.1, 0.15) is 26.3 Å². The molecule has 2 aromatic carbocycles. The third-order valence-corrected chi connectivity index (χ3v) is 4.79. The summed E-state index contributed by atoms with van der Waals surface area (Å²) < 4.78 is 1.14. The van der Waals surface area contributed by atoms with E-state index >= 15 is 0 Å². The molecule has 2 aromatic rings. The molecule has 2 amide bonds. The van der Waals surface area contributed by atoms with Gasteiger partial charge in [0.15, 0.2) is 0 Å². The highest BCUT2D eigenvalue weighted by Gasteiger charge is 2.34. The molecule has 1 heterocycles. The van der Waals surface area contributed by atoms with E-state index in [1.165, 1.54) is 4.90 Å². The maximum absolute atomic E-state index is 12.3. The molecule has 112 valence electrons. The predicted molar refractivity (Wildman–Crippen MR) is 89.0 cm³/mol. The topological polar surface area (TPSA) is 57.6 Å². The Labute approximate surface area is 144 Å². The molecule has 22 heavy (non-hydrogen) atoms. The third kappa shape index (κ3) is 2.57. The van der Waals surface area contributed by atoms with Gasteiger partial charge in [0, 0.05) is 6.54 Å². The molecule has 0 saturated heterocycles. The summed E-state index contributed by atoms with van der Waals surface area (Å²) >= 11 is 6.54. The van der Waals surface area contributed by atoms with E-state index in [1.807, 2.05) is 0 Å². The third-order valence-electron chi connectivity index (χ3n) is 3.58. The summed E-state index contributed by atoms with van der Waals surface area (Å²) in [7, 11) is 0. The molecule has 0 atom stereocenters. The van der Waals surface area contributed by atoms with Gasteiger partial charge in [0.1, 0.15) is 5.75 Å². The van der Waals surface area contributed by atoms with Gasteiger partial charge in [-0.3, -0.25) is 14.5 Å². The zero-order valence-corrected chi connectivity index (χ0v) is 14.5. The molecule has 0 saturated carbocycles. The number of carbonyl (C=O) groups excluding carboxylic acids is 2. The van der Waals surface area contributed by atoms with Crippen LogP contribution in [0.15, 0.2) is 45.3 Å². The molecule has 6 heteroatoms. The summed E-state index contributed by atoms with van der Waals surface area (Å²) in [4.78, 5) is 25.8. The summed E-state index contributed by atoms with van der Waals surface area (Å²) in [6.45, 7) is 0.302. The monoisotopic (exact) mass is 423 g/mol. The van der Waals surface area contributed by atoms with Crippen molar-refractivity contribution >= 4 is 43.7 Å². The van der Waals surface area contributed by atoms with Crippen LogP contribution in [0.2, 0.25) is 0 Å². The summed E-state index contributed by atoms with van der Waals surface area (Å²) in [5.74, 6) is -0.375. The number of imide groups is 1. The summed E-state index contributed by atoms with van der Waals surface area (Å²) in [6.07, 6.45) is 0.517. The highest BCUT2D eigenvalue weighted by Crippen LogP contribution is 2.33. The number of fused-ring (bicyclic) bond motifs is 1. The fraction of sp³-hybridized carbons (Fsp3) is 0.125. The number of carbonyl (C=O) groups is 2. The number of hydrogen-bond acceptors (Lipinski definition) is 3. The van der Waals surface area contributed by atoms with Crippen molar-refractivity contribution in [3.05, 3.63) is 62.0 Å². The molecule has 1 N–H and O–H groups in total. The number of nitrogens with zero attached hydrogens (tertiary/aromatic N) is 1. The van der Waals surface area contributed by atoms with Crippen LogP contribution in [0.4, 0.5) is 0 Å². The Kier molecular flexibility index (Phi) is 4.06. The fourth-order valence-corrected chi connectivity index (χ4v) is 3.73. The minimum absolute atomic E-state index is 0.129. The molecule has 0 bridgehead atoms. The van der Waals surface area contributed by atoms with Crippen LogP contribution in [0.25, 0.3) is 0 Å². The molecule has 0 aliphatic carbocycles. The molecule has 0 aromatic heterocycles. The van der Waals surface area contributed by atoms with Gasteiger partial charge >= 0.3 is 0 Å². The van der Waals surface area contributed by atoms with E-state index in [2.05, 4.69) is 31.9 Å². The second-order valence-electron chi connectivity index (χ2n) is 4.97. The number of phenolic OH excluding ortho intramolecular Hbond substituents is 1. The largest absolute Gasteiger partial charge is 0.506 e. The van der Waals surface area contributed by atoms with Crippen molar-refractivity contribution in [2.75, 3.05) is 6.54 Å². The SMILES string of the molecule is O=C1c2ccccc2C(=O)N1CCc1cc(Br)c(O)c(Br)c1. The van der Waals surface area contributed by atoms with Gasteiger partial charge in [-0.25, -0.2) is 0 Å². The highest BCUT2D eigenvalue weighted by molar-refractivity contribution is 9.11. The van der Waals surface area contributed by atoms with E-state index < -0.39 is 0 Å². The van der Waals surface area contributed by atoms with Crippen molar-refractivity contribution in [2.24, 2.45) is 0 Å². The number of benzene rings is 2. The van der Waals surface area contributed by atoms with Crippen molar-refractivity contribution < 1.29 is 14.7 Å². The van der Waals surface area contributed by atoms with Gasteiger partial charge in [-0.05, 0) is 68.1 Å². The standard InChI is InChI=1S/C16H11Br2NO3/c17-12-7-9(8-13(18)14(12)20)5-6-19-15(21)10-3-1-2-4-11(10)16(19)22/h1-4,7-8,20H,5-6H2. The van der Waals surface area contributed by atoms with Gasteiger partial charge in [0.05, 0.1) is 20.1 Å². The van der Waals surface area contributed by atoms with Crippen molar-refractivity contribution in [3.63, 3.8) is 0 Å². The van der Waals surface area contributed by atoms with Gasteiger partial charge < -0.3 is 5.11 Å². The van der Waals surface area contributed by atoms with Crippen LogP contribution in [0.3, 0.4) is 0 Å². The molecule has 1 aliphatic heterocycles. The second-order valence-corrected chi connectivity index (χ2v) is 6.67. The molecule has 0 unspecified atom stereocenters. The van der Waals surface area contributed by atoms with Gasteiger partial charge in [-0.15, -0.1) is 0 Å². The lowest BCUT2D eigenvalue weighted by molar-refractivity contribution is 0.0656. The van der Waals surface area contributed by atoms with Crippen LogP contribution < -0.4 is 0 Å². The van der Waals surface area contributed by atoms with Crippen LogP contribution in [0.5, 0.6) is 5.75 Å². The Morgan fingerprint density at radius 3 is 1.95 bits per heavy atom. The zero-order valence-electron chi connectivity index (χ0n) is 11.3. The highest BCUT2D eigenvalue weighted by atomic mass is 79.9. The van der Waals surface area contributed by atoms with E-state index in [0.717, 1.165) is 5.56 Å². The van der Waals surface area contributed by atoms with Crippen LogP contribution in [-0.2, 0) is 6.42 Å². The first-order valence-electron chi connectivity index (χ1n) is 6.61. The minimum Gasteiger partial charge on any atom is -0.506 e. The number of amides is 2. The van der Waals surface area contributed by atoms with Crippen molar-refractivity contribution in [1.82, 2.24) is 4.90 Å². The van der Waals surface area contributed by atoms with Crippen LogP contribution in [0, 0.1) is 0 Å². The van der Waals surface area contributed by atoms with Crippen LogP contribution in [-0.4, -0.2) is 28.4 Å². The van der Waals surface area contributed by atoms with Gasteiger partial charge in [0.2, 0.25) is 0 Å². The summed E-state index contributed by atoms with van der Waals surface area (Å²) in [5, 5.41) is 9.70. The second kappa shape index (κ2) is 5.85. The molecule has 3 rings (SSSR count). The normalized spacial score (nSPS) is 13.6. The van der Waals surface area contributed by atoms with Gasteiger partial charge in [0.25, 0.3) is 11.8 Å². The number of hydrogen-bond donors (Lipinski definition) is 1. The molecule has 0 fully saturated rings. The first-order valence-corrected chi connectivity index (χ1v) is 8.19. The lowest BCUT2D eigenvalue weighted by Crippen LogP contribution is -2.31. The lowest BCUT2D eigenvalue weighted by atomic mass is 10.1. The number of rotatable bonds is 3. The summed E-state index contributed by atoms with van der Waals surface area (Å²) in [5.41, 5.74) is 1.83. The van der Waals surface area contributed by atoms with Crippen LogP contribution >= 0.6 is 31.9 Å². The minimum atomic E-state index is -0.252. The fourth-order valence-electron chi connectivity index (χ4n) is 2.45. The predicted octanol–water partition coefficient (Wildman–Crippen LogP) is 3.76. The Hall–Kier alpha value is -1.66. The quantitative estimate of drug-likeness (QED) is 0.763. The van der Waals surface area contributed by atoms with E-state index in [9.17, 15) is 14.7 Å². The Morgan fingerprint density at radius 2 is 1.45 bits per heavy atom. The lowest BCUT2D eigenvalue weighted by Gasteiger charge is -2.14. The first-order chi connectivity index (χ1) is 10.5. The molecule has 0 spiro atoms. The molecule has 4 nitrogen and oxygen atoms in total. The van der Waals surface area contributed by atoms with Gasteiger partial charge in [-0.2, -0.15) is 0 Å².